The summed E-state index contributed by atoms with van der Waals surface area (Å²) in [5.74, 6) is 1.50. The predicted molar refractivity (Wildman–Crippen MR) is 61.9 cm³/mol. The van der Waals surface area contributed by atoms with Crippen LogP contribution in [-0.4, -0.2) is 13.9 Å². The molecule has 0 aromatic rings. The number of rotatable bonds is 1. The lowest BCUT2D eigenvalue weighted by molar-refractivity contribution is -0.124. The molecule has 0 aromatic carbocycles. The summed E-state index contributed by atoms with van der Waals surface area (Å²) in [5, 5.41) is 1.64. The minimum atomic E-state index is -1.13. The van der Waals surface area contributed by atoms with Crippen molar-refractivity contribution in [1.29, 1.82) is 0 Å². The van der Waals surface area contributed by atoms with Gasteiger partial charge in [0.2, 0.25) is 0 Å². The summed E-state index contributed by atoms with van der Waals surface area (Å²) in [5.41, 5.74) is 0. The van der Waals surface area contributed by atoms with Gasteiger partial charge in [-0.25, -0.2) is 0 Å². The molecule has 0 bridgehead atoms. The normalized spacial score (nSPS) is 32.8. The van der Waals surface area contributed by atoms with E-state index in [0.29, 0.717) is 17.6 Å². The first-order valence-electron chi connectivity index (χ1n) is 5.72. The topological polar surface area (TPSA) is 17.1 Å². The van der Waals surface area contributed by atoms with Crippen molar-refractivity contribution < 1.29 is 4.79 Å². The van der Waals surface area contributed by atoms with Gasteiger partial charge in [-0.15, -0.1) is 0 Å². The van der Waals surface area contributed by atoms with Crippen molar-refractivity contribution in [1.82, 2.24) is 0 Å². The zero-order valence-electron chi connectivity index (χ0n) is 9.47. The molecule has 1 nitrogen and oxygen atoms in total. The van der Waals surface area contributed by atoms with E-state index < -0.39 is 8.07 Å². The number of Topliss-reactive ketones (excluding diaryl/α,β-unsaturated/α-hetero) is 1. The molecule has 2 aliphatic rings. The third-order valence-corrected chi connectivity index (χ3v) is 6.00. The summed E-state index contributed by atoms with van der Waals surface area (Å²) in [4.78, 5) is 11.7. The summed E-state index contributed by atoms with van der Waals surface area (Å²) in [6, 6.07) is 0. The fraction of sp³-hybridized carbons (Fsp3) is 0.750. The number of ketones is 1. The summed E-state index contributed by atoms with van der Waals surface area (Å²) in [6.45, 7) is 7.17. The van der Waals surface area contributed by atoms with Crippen molar-refractivity contribution in [2.75, 3.05) is 0 Å². The Hall–Kier alpha value is -0.373. The minimum absolute atomic E-state index is 0.311. The molecular weight excluding hydrogens is 188 g/mol. The average Bonchev–Trinajstić information content (AvgIpc) is 2.48. The molecule has 0 spiro atoms. The number of hydrogen-bond acceptors (Lipinski definition) is 1. The second kappa shape index (κ2) is 3.33. The minimum Gasteiger partial charge on any atom is -0.299 e. The number of hydrogen-bond donors (Lipinski definition) is 0. The highest BCUT2D eigenvalue weighted by Gasteiger charge is 2.38. The van der Waals surface area contributed by atoms with Crippen molar-refractivity contribution in [3.05, 3.63) is 11.3 Å². The van der Waals surface area contributed by atoms with Crippen molar-refractivity contribution in [2.45, 2.75) is 45.3 Å². The average molecular weight is 208 g/mol. The zero-order valence-corrected chi connectivity index (χ0v) is 10.5. The lowest BCUT2D eigenvalue weighted by atomic mass is 9.81. The summed E-state index contributed by atoms with van der Waals surface area (Å²) in [7, 11) is -1.13. The molecule has 2 heteroatoms. The van der Waals surface area contributed by atoms with Crippen LogP contribution in [0.5, 0.6) is 0 Å². The van der Waals surface area contributed by atoms with E-state index in [1.165, 1.54) is 12.8 Å². The Balaban J connectivity index is 2.19. The highest BCUT2D eigenvalue weighted by Crippen LogP contribution is 2.41. The van der Waals surface area contributed by atoms with E-state index in [9.17, 15) is 4.79 Å². The van der Waals surface area contributed by atoms with E-state index in [0.717, 1.165) is 12.8 Å². The van der Waals surface area contributed by atoms with Gasteiger partial charge in [0.25, 0.3) is 0 Å². The van der Waals surface area contributed by atoms with Gasteiger partial charge >= 0.3 is 0 Å². The lowest BCUT2D eigenvalue weighted by Crippen LogP contribution is -2.24. The maximum absolute atomic E-state index is 11.7. The van der Waals surface area contributed by atoms with Crippen molar-refractivity contribution in [3.63, 3.8) is 0 Å². The molecule has 1 fully saturated rings. The maximum atomic E-state index is 11.7. The number of carbonyl (C=O) groups is 1. The first-order chi connectivity index (χ1) is 6.48. The Morgan fingerprint density at radius 1 is 1.36 bits per heavy atom. The van der Waals surface area contributed by atoms with Crippen molar-refractivity contribution >= 4 is 13.9 Å². The standard InChI is InChI=1S/C12H20OSi/c1-14(2,3)10-7-9-5-4-6-12(13)11(9)8-10/h8-9,11H,4-7H2,1-3H3/t9-,11+/m1/s1. The Labute approximate surface area is 87.6 Å². The van der Waals surface area contributed by atoms with Crippen LogP contribution in [0, 0.1) is 11.8 Å². The molecule has 0 aromatic heterocycles. The number of fused-ring (bicyclic) bond motifs is 1. The quantitative estimate of drug-likeness (QED) is 0.605. The van der Waals surface area contributed by atoms with Crippen LogP contribution < -0.4 is 0 Å². The molecule has 0 saturated heterocycles. The molecule has 0 N–H and O–H groups in total. The summed E-state index contributed by atoms with van der Waals surface area (Å²) in [6.07, 6.45) is 6.80. The van der Waals surface area contributed by atoms with Crippen LogP contribution in [0.25, 0.3) is 0 Å². The zero-order chi connectivity index (χ0) is 10.3. The van der Waals surface area contributed by atoms with Crippen LogP contribution in [0.15, 0.2) is 11.3 Å². The van der Waals surface area contributed by atoms with Crippen LogP contribution in [0.1, 0.15) is 25.7 Å². The lowest BCUT2D eigenvalue weighted by Gasteiger charge is -2.24. The molecule has 0 radical (unpaired) electrons. The van der Waals surface area contributed by atoms with Crippen LogP contribution >= 0.6 is 0 Å². The highest BCUT2D eigenvalue weighted by atomic mass is 28.3. The van der Waals surface area contributed by atoms with Gasteiger partial charge in [-0.1, -0.05) is 30.9 Å². The first-order valence-corrected chi connectivity index (χ1v) is 9.22. The van der Waals surface area contributed by atoms with Gasteiger partial charge in [0.1, 0.15) is 5.78 Å². The van der Waals surface area contributed by atoms with Crippen molar-refractivity contribution in [3.8, 4) is 0 Å². The first kappa shape index (κ1) is 10.2. The number of carbonyl (C=O) groups excluding carboxylic acids is 1. The molecule has 14 heavy (non-hydrogen) atoms. The van der Waals surface area contributed by atoms with Crippen molar-refractivity contribution in [2.24, 2.45) is 11.8 Å². The monoisotopic (exact) mass is 208 g/mol. The second-order valence-electron chi connectivity index (χ2n) is 5.79. The Bertz CT molecular complexity index is 285. The number of allylic oxidation sites excluding steroid dienone is 2. The summed E-state index contributed by atoms with van der Waals surface area (Å²) < 4.78 is 0. The van der Waals surface area contributed by atoms with Crippen LogP contribution in [0.4, 0.5) is 0 Å². The van der Waals surface area contributed by atoms with E-state index in [1.807, 2.05) is 0 Å². The smallest absolute Gasteiger partial charge is 0.140 e. The molecule has 0 unspecified atom stereocenters. The largest absolute Gasteiger partial charge is 0.299 e. The van der Waals surface area contributed by atoms with E-state index in [-0.39, 0.29) is 0 Å². The molecule has 0 aliphatic heterocycles. The molecule has 2 rings (SSSR count). The molecular formula is C12H20OSi. The van der Waals surface area contributed by atoms with Gasteiger partial charge in [0, 0.05) is 12.3 Å². The van der Waals surface area contributed by atoms with Crippen LogP contribution in [-0.2, 0) is 4.79 Å². The van der Waals surface area contributed by atoms with E-state index in [4.69, 9.17) is 0 Å². The predicted octanol–water partition coefficient (Wildman–Crippen LogP) is 3.18. The highest BCUT2D eigenvalue weighted by molar-refractivity contribution is 6.83. The second-order valence-corrected chi connectivity index (χ2v) is 10.9. The molecule has 78 valence electrons. The van der Waals surface area contributed by atoms with Gasteiger partial charge in [-0.3, -0.25) is 4.79 Å². The third kappa shape index (κ3) is 1.72. The Morgan fingerprint density at radius 2 is 2.07 bits per heavy atom. The van der Waals surface area contributed by atoms with Gasteiger partial charge in [0.15, 0.2) is 0 Å². The van der Waals surface area contributed by atoms with Crippen LogP contribution in [0.2, 0.25) is 19.6 Å². The van der Waals surface area contributed by atoms with E-state index in [2.05, 4.69) is 25.7 Å². The van der Waals surface area contributed by atoms with Gasteiger partial charge < -0.3 is 0 Å². The van der Waals surface area contributed by atoms with E-state index >= 15 is 0 Å². The van der Waals surface area contributed by atoms with E-state index in [1.54, 1.807) is 5.20 Å². The van der Waals surface area contributed by atoms with Crippen LogP contribution in [0.3, 0.4) is 0 Å². The summed E-state index contributed by atoms with van der Waals surface area (Å²) >= 11 is 0. The Kier molecular flexibility index (Phi) is 2.42. The molecule has 2 aliphatic carbocycles. The molecule has 0 heterocycles. The molecule has 0 amide bonds. The maximum Gasteiger partial charge on any atom is 0.140 e. The fourth-order valence-corrected chi connectivity index (χ4v) is 4.28. The third-order valence-electron chi connectivity index (χ3n) is 3.70. The molecule has 2 atom stereocenters. The van der Waals surface area contributed by atoms with Gasteiger partial charge in [-0.05, 0) is 25.2 Å². The Morgan fingerprint density at radius 3 is 2.64 bits per heavy atom. The fourth-order valence-electron chi connectivity index (χ4n) is 2.73. The van der Waals surface area contributed by atoms with Gasteiger partial charge in [-0.2, -0.15) is 0 Å². The SMILES string of the molecule is C[Si](C)(C)C1=C[C@@H]2C(=O)CCC[C@@H]2C1. The molecule has 1 saturated carbocycles. The van der Waals surface area contributed by atoms with Gasteiger partial charge in [0.05, 0.1) is 8.07 Å².